The summed E-state index contributed by atoms with van der Waals surface area (Å²) in [7, 11) is 1.82. The van der Waals surface area contributed by atoms with Gasteiger partial charge >= 0.3 is 0 Å². The van der Waals surface area contributed by atoms with Crippen molar-refractivity contribution in [1.29, 1.82) is 0 Å². The number of allylic oxidation sites excluding steroid dienone is 1. The molecule has 1 radical (unpaired) electrons. The van der Waals surface area contributed by atoms with Gasteiger partial charge in [0.25, 0.3) is 0 Å². The molecule has 0 bridgehead atoms. The standard InChI is InChI=1S/C6H12N/c1-6(2)4-5-7-3/h4H,5H2,1-3H3. The largest absolute Gasteiger partial charge is 0.241 e. The molecule has 0 aromatic rings. The predicted octanol–water partition coefficient (Wildman–Crippen LogP) is 1.19. The van der Waals surface area contributed by atoms with Crippen molar-refractivity contribution in [2.75, 3.05) is 13.6 Å². The van der Waals surface area contributed by atoms with Crippen molar-refractivity contribution in [1.82, 2.24) is 5.32 Å². The highest BCUT2D eigenvalue weighted by atomic mass is 14.8. The van der Waals surface area contributed by atoms with E-state index < -0.39 is 0 Å². The van der Waals surface area contributed by atoms with Crippen molar-refractivity contribution in [2.24, 2.45) is 0 Å². The third-order valence-electron chi connectivity index (χ3n) is 0.682. The third-order valence-corrected chi connectivity index (χ3v) is 0.682. The first-order valence-electron chi connectivity index (χ1n) is 2.46. The van der Waals surface area contributed by atoms with Crippen LogP contribution in [0.25, 0.3) is 0 Å². The molecule has 0 N–H and O–H groups in total. The van der Waals surface area contributed by atoms with E-state index in [1.165, 1.54) is 5.57 Å². The fourth-order valence-electron chi connectivity index (χ4n) is 0.274. The van der Waals surface area contributed by atoms with Gasteiger partial charge in [-0.15, -0.1) is 0 Å². The van der Waals surface area contributed by atoms with Gasteiger partial charge in [0, 0.05) is 13.6 Å². The Morgan fingerprint density at radius 3 is 2.29 bits per heavy atom. The molecule has 0 aromatic heterocycles. The highest BCUT2D eigenvalue weighted by Gasteiger charge is 1.72. The highest BCUT2D eigenvalue weighted by molar-refractivity contribution is 4.93. The molecule has 0 aliphatic heterocycles. The number of hydrogen-bond donors (Lipinski definition) is 0. The topological polar surface area (TPSA) is 14.1 Å². The molecular weight excluding hydrogens is 86.1 g/mol. The Balaban J connectivity index is 3.08. The number of hydrogen-bond acceptors (Lipinski definition) is 0. The van der Waals surface area contributed by atoms with Crippen LogP contribution in [-0.2, 0) is 0 Å². The zero-order valence-corrected chi connectivity index (χ0v) is 5.23. The summed E-state index contributed by atoms with van der Waals surface area (Å²) in [5, 5.41) is 3.90. The maximum absolute atomic E-state index is 3.90. The molecular formula is C6H12N. The SMILES string of the molecule is C[N]CC=C(C)C. The minimum atomic E-state index is 0.863. The van der Waals surface area contributed by atoms with Crippen molar-refractivity contribution >= 4 is 0 Å². The van der Waals surface area contributed by atoms with Crippen LogP contribution in [0.2, 0.25) is 0 Å². The van der Waals surface area contributed by atoms with Crippen LogP contribution in [0.15, 0.2) is 11.6 Å². The van der Waals surface area contributed by atoms with E-state index in [1.54, 1.807) is 0 Å². The first kappa shape index (κ1) is 6.70. The summed E-state index contributed by atoms with van der Waals surface area (Å²) in [4.78, 5) is 0. The van der Waals surface area contributed by atoms with Gasteiger partial charge in [-0.3, -0.25) is 0 Å². The van der Waals surface area contributed by atoms with E-state index in [4.69, 9.17) is 0 Å². The Bertz CT molecular complexity index is 60.6. The molecule has 0 spiro atoms. The summed E-state index contributed by atoms with van der Waals surface area (Å²) >= 11 is 0. The normalized spacial score (nSPS) is 8.43. The lowest BCUT2D eigenvalue weighted by Gasteiger charge is -1.86. The number of nitrogens with zero attached hydrogens (tertiary/aromatic N) is 1. The smallest absolute Gasteiger partial charge is 0.0313 e. The zero-order chi connectivity index (χ0) is 5.70. The van der Waals surface area contributed by atoms with E-state index in [-0.39, 0.29) is 0 Å². The fourth-order valence-corrected chi connectivity index (χ4v) is 0.274. The lowest BCUT2D eigenvalue weighted by molar-refractivity contribution is 0.892. The minimum Gasteiger partial charge on any atom is -0.241 e. The van der Waals surface area contributed by atoms with Gasteiger partial charge in [0.2, 0.25) is 0 Å². The molecule has 0 saturated carbocycles. The molecule has 0 aliphatic rings. The van der Waals surface area contributed by atoms with Crippen molar-refractivity contribution in [2.45, 2.75) is 13.8 Å². The molecule has 0 rings (SSSR count). The summed E-state index contributed by atoms with van der Waals surface area (Å²) in [6, 6.07) is 0. The Labute approximate surface area is 45.4 Å². The Hall–Kier alpha value is -0.300. The molecule has 0 amide bonds. The lowest BCUT2D eigenvalue weighted by Crippen LogP contribution is -1.94. The van der Waals surface area contributed by atoms with Crippen LogP contribution in [-0.4, -0.2) is 13.6 Å². The van der Waals surface area contributed by atoms with Gasteiger partial charge in [-0.05, 0) is 13.8 Å². The molecule has 0 fully saturated rings. The summed E-state index contributed by atoms with van der Waals surface area (Å²) < 4.78 is 0. The summed E-state index contributed by atoms with van der Waals surface area (Å²) in [5.41, 5.74) is 1.34. The molecule has 41 valence electrons. The van der Waals surface area contributed by atoms with E-state index in [2.05, 4.69) is 25.2 Å². The Morgan fingerprint density at radius 1 is 1.57 bits per heavy atom. The maximum Gasteiger partial charge on any atom is 0.0313 e. The Morgan fingerprint density at radius 2 is 2.14 bits per heavy atom. The number of rotatable bonds is 2. The molecule has 1 heteroatoms. The second-order valence-corrected chi connectivity index (χ2v) is 1.78. The second kappa shape index (κ2) is 3.88. The molecule has 7 heavy (non-hydrogen) atoms. The zero-order valence-electron chi connectivity index (χ0n) is 5.23. The first-order valence-corrected chi connectivity index (χ1v) is 2.46. The van der Waals surface area contributed by atoms with E-state index in [0.717, 1.165) is 6.54 Å². The van der Waals surface area contributed by atoms with Crippen molar-refractivity contribution in [3.8, 4) is 0 Å². The monoisotopic (exact) mass is 98.1 g/mol. The number of likely N-dealkylation sites (N-methyl/N-ethyl adjacent to an activating group) is 1. The quantitative estimate of drug-likeness (QED) is 0.460. The lowest BCUT2D eigenvalue weighted by atomic mass is 10.3. The minimum absolute atomic E-state index is 0.863. The van der Waals surface area contributed by atoms with Crippen molar-refractivity contribution in [3.05, 3.63) is 11.6 Å². The summed E-state index contributed by atoms with van der Waals surface area (Å²) in [5.74, 6) is 0. The molecule has 0 aromatic carbocycles. The predicted molar refractivity (Wildman–Crippen MR) is 32.4 cm³/mol. The van der Waals surface area contributed by atoms with Gasteiger partial charge in [-0.25, -0.2) is 5.32 Å². The highest BCUT2D eigenvalue weighted by Crippen LogP contribution is 1.84. The fraction of sp³-hybridized carbons (Fsp3) is 0.667. The van der Waals surface area contributed by atoms with E-state index in [9.17, 15) is 0 Å². The maximum atomic E-state index is 3.90. The van der Waals surface area contributed by atoms with Gasteiger partial charge in [0.1, 0.15) is 0 Å². The first-order chi connectivity index (χ1) is 3.27. The molecule has 0 unspecified atom stereocenters. The molecule has 0 atom stereocenters. The molecule has 0 aliphatic carbocycles. The van der Waals surface area contributed by atoms with Crippen LogP contribution in [0, 0.1) is 0 Å². The second-order valence-electron chi connectivity index (χ2n) is 1.78. The van der Waals surface area contributed by atoms with E-state index in [1.807, 2.05) is 7.05 Å². The van der Waals surface area contributed by atoms with Crippen molar-refractivity contribution in [3.63, 3.8) is 0 Å². The van der Waals surface area contributed by atoms with Crippen LogP contribution >= 0.6 is 0 Å². The molecule has 0 saturated heterocycles. The summed E-state index contributed by atoms with van der Waals surface area (Å²) in [6.45, 7) is 5.01. The van der Waals surface area contributed by atoms with Crippen LogP contribution in [0.1, 0.15) is 13.8 Å². The van der Waals surface area contributed by atoms with Gasteiger partial charge < -0.3 is 0 Å². The molecule has 0 heterocycles. The van der Waals surface area contributed by atoms with Crippen LogP contribution in [0.5, 0.6) is 0 Å². The third kappa shape index (κ3) is 5.70. The van der Waals surface area contributed by atoms with Gasteiger partial charge in [0.15, 0.2) is 0 Å². The van der Waals surface area contributed by atoms with Crippen LogP contribution < -0.4 is 5.32 Å². The van der Waals surface area contributed by atoms with E-state index >= 15 is 0 Å². The summed E-state index contributed by atoms with van der Waals surface area (Å²) in [6.07, 6.45) is 2.10. The molecule has 1 nitrogen and oxygen atoms in total. The van der Waals surface area contributed by atoms with Gasteiger partial charge in [-0.2, -0.15) is 0 Å². The van der Waals surface area contributed by atoms with Crippen molar-refractivity contribution < 1.29 is 0 Å². The van der Waals surface area contributed by atoms with Crippen LogP contribution in [0.3, 0.4) is 0 Å². The van der Waals surface area contributed by atoms with Crippen LogP contribution in [0.4, 0.5) is 0 Å². The average molecular weight is 98.2 g/mol. The van der Waals surface area contributed by atoms with E-state index in [0.29, 0.717) is 0 Å². The van der Waals surface area contributed by atoms with Gasteiger partial charge in [0.05, 0.1) is 0 Å². The Kier molecular flexibility index (Phi) is 3.71. The average Bonchev–Trinajstić information content (AvgIpc) is 1.61. The van der Waals surface area contributed by atoms with Gasteiger partial charge in [-0.1, -0.05) is 11.6 Å².